The van der Waals surface area contributed by atoms with Gasteiger partial charge in [0.25, 0.3) is 0 Å². The fraction of sp³-hybridized carbons (Fsp3) is 0.480. The number of benzene rings is 2. The fourth-order valence-corrected chi connectivity index (χ4v) is 5.15. The molecule has 33 heavy (non-hydrogen) atoms. The van der Waals surface area contributed by atoms with E-state index in [0.717, 1.165) is 31.2 Å². The molecule has 1 saturated heterocycles. The van der Waals surface area contributed by atoms with Crippen LogP contribution in [0.3, 0.4) is 0 Å². The van der Waals surface area contributed by atoms with Crippen LogP contribution in [0.4, 0.5) is 5.69 Å². The summed E-state index contributed by atoms with van der Waals surface area (Å²) >= 11 is 0. The number of nitrogens with zero attached hydrogens (tertiary/aromatic N) is 1. The number of hydrogen-bond acceptors (Lipinski definition) is 5. The second kappa shape index (κ2) is 12.0. The van der Waals surface area contributed by atoms with Crippen LogP contribution < -0.4 is 14.8 Å². The van der Waals surface area contributed by atoms with Crippen LogP contribution in [-0.4, -0.2) is 44.9 Å². The maximum absolute atomic E-state index is 12.6. The monoisotopic (exact) mass is 474 g/mol. The van der Waals surface area contributed by atoms with Crippen LogP contribution in [0.2, 0.25) is 0 Å². The van der Waals surface area contributed by atoms with Gasteiger partial charge in [-0.2, -0.15) is 4.31 Å². The Hall–Kier alpha value is -2.58. The van der Waals surface area contributed by atoms with Crippen molar-refractivity contribution >= 4 is 21.6 Å². The van der Waals surface area contributed by atoms with Crippen molar-refractivity contribution in [1.82, 2.24) is 4.31 Å². The molecular weight excluding hydrogens is 440 g/mol. The standard InChI is InChI=1S/C25H34N2O5S/c1-3-17-31-23-13-10-21(19-24(23)32-18-4-2)26-25(28)14-9-20-7-11-22(12-8-20)33(29,30)27-15-5-6-16-27/h7-8,10-13,19H,3-6,9,14-18H2,1-2H3,(H,26,28). The first-order valence-electron chi connectivity index (χ1n) is 11.7. The number of carbonyl (C=O) groups is 1. The maximum atomic E-state index is 12.6. The number of anilines is 1. The third kappa shape index (κ3) is 6.95. The van der Waals surface area contributed by atoms with E-state index in [0.29, 0.717) is 54.8 Å². The van der Waals surface area contributed by atoms with Crippen molar-refractivity contribution in [3.05, 3.63) is 48.0 Å². The molecule has 2 aromatic rings. The summed E-state index contributed by atoms with van der Waals surface area (Å²) < 4.78 is 38.3. The summed E-state index contributed by atoms with van der Waals surface area (Å²) in [7, 11) is -3.42. The highest BCUT2D eigenvalue weighted by Gasteiger charge is 2.26. The number of ether oxygens (including phenoxy) is 2. The highest BCUT2D eigenvalue weighted by Crippen LogP contribution is 2.31. The minimum absolute atomic E-state index is 0.118. The van der Waals surface area contributed by atoms with Crippen molar-refractivity contribution in [1.29, 1.82) is 0 Å². The summed E-state index contributed by atoms with van der Waals surface area (Å²) in [5, 5.41) is 2.91. The van der Waals surface area contributed by atoms with Crippen molar-refractivity contribution in [2.45, 2.75) is 57.3 Å². The minimum atomic E-state index is -3.42. The summed E-state index contributed by atoms with van der Waals surface area (Å²) in [6.07, 6.45) is 4.41. The number of carbonyl (C=O) groups excluding carboxylic acids is 1. The summed E-state index contributed by atoms with van der Waals surface area (Å²) in [6.45, 7) is 6.42. The predicted octanol–water partition coefficient (Wildman–Crippen LogP) is 4.62. The number of sulfonamides is 1. The molecule has 1 aliphatic rings. The van der Waals surface area contributed by atoms with E-state index >= 15 is 0 Å². The largest absolute Gasteiger partial charge is 0.490 e. The molecule has 8 heteroatoms. The van der Waals surface area contributed by atoms with Gasteiger partial charge in [0.2, 0.25) is 15.9 Å². The van der Waals surface area contributed by atoms with Gasteiger partial charge in [0.15, 0.2) is 11.5 Å². The third-order valence-electron chi connectivity index (χ3n) is 5.42. The van der Waals surface area contributed by atoms with Crippen molar-refractivity contribution in [2.75, 3.05) is 31.6 Å². The van der Waals surface area contributed by atoms with E-state index in [2.05, 4.69) is 5.32 Å². The Morgan fingerprint density at radius 2 is 1.58 bits per heavy atom. The Balaban J connectivity index is 1.56. The number of hydrogen-bond donors (Lipinski definition) is 1. The smallest absolute Gasteiger partial charge is 0.243 e. The first-order valence-corrected chi connectivity index (χ1v) is 13.2. The second-order valence-electron chi connectivity index (χ2n) is 8.16. The molecular formula is C25H34N2O5S. The molecule has 3 rings (SSSR count). The van der Waals surface area contributed by atoms with Gasteiger partial charge in [-0.3, -0.25) is 4.79 Å². The predicted molar refractivity (Wildman–Crippen MR) is 129 cm³/mol. The highest BCUT2D eigenvalue weighted by molar-refractivity contribution is 7.89. The zero-order valence-corrected chi connectivity index (χ0v) is 20.3. The SMILES string of the molecule is CCCOc1ccc(NC(=O)CCc2ccc(S(=O)(=O)N3CCCC3)cc2)cc1OCCC. The maximum Gasteiger partial charge on any atom is 0.243 e. The normalized spacial score (nSPS) is 14.2. The number of aryl methyl sites for hydroxylation is 1. The van der Waals surface area contributed by atoms with E-state index in [1.54, 1.807) is 36.4 Å². The van der Waals surface area contributed by atoms with Gasteiger partial charge in [-0.1, -0.05) is 26.0 Å². The molecule has 0 radical (unpaired) electrons. The van der Waals surface area contributed by atoms with Gasteiger partial charge >= 0.3 is 0 Å². The Morgan fingerprint density at radius 3 is 2.21 bits per heavy atom. The molecule has 2 aromatic carbocycles. The molecule has 0 unspecified atom stereocenters. The number of amides is 1. The third-order valence-corrected chi connectivity index (χ3v) is 7.33. The lowest BCUT2D eigenvalue weighted by Gasteiger charge is -2.15. The van der Waals surface area contributed by atoms with Gasteiger partial charge in [0.1, 0.15) is 0 Å². The number of nitrogens with one attached hydrogen (secondary N) is 1. The van der Waals surface area contributed by atoms with E-state index in [9.17, 15) is 13.2 Å². The van der Waals surface area contributed by atoms with E-state index in [-0.39, 0.29) is 12.3 Å². The summed E-state index contributed by atoms with van der Waals surface area (Å²) in [6, 6.07) is 12.2. The van der Waals surface area contributed by atoms with Crippen molar-refractivity contribution < 1.29 is 22.7 Å². The van der Waals surface area contributed by atoms with Gasteiger partial charge in [-0.15, -0.1) is 0 Å². The molecule has 0 aliphatic carbocycles. The van der Waals surface area contributed by atoms with E-state index in [1.165, 1.54) is 4.31 Å². The van der Waals surface area contributed by atoms with Gasteiger partial charge in [0.05, 0.1) is 18.1 Å². The Kier molecular flexibility index (Phi) is 9.14. The van der Waals surface area contributed by atoms with E-state index < -0.39 is 10.0 Å². The Morgan fingerprint density at radius 1 is 0.939 bits per heavy atom. The zero-order valence-electron chi connectivity index (χ0n) is 19.5. The molecule has 1 heterocycles. The lowest BCUT2D eigenvalue weighted by atomic mass is 10.1. The molecule has 180 valence electrons. The Bertz CT molecular complexity index is 1020. The van der Waals surface area contributed by atoms with Crippen molar-refractivity contribution in [2.24, 2.45) is 0 Å². The van der Waals surface area contributed by atoms with Crippen molar-refractivity contribution in [3.63, 3.8) is 0 Å². The fourth-order valence-electron chi connectivity index (χ4n) is 3.63. The topological polar surface area (TPSA) is 84.9 Å². The van der Waals surface area contributed by atoms with Gasteiger partial charge in [-0.05, 0) is 61.9 Å². The molecule has 0 saturated carbocycles. The average molecular weight is 475 g/mol. The van der Waals surface area contributed by atoms with Crippen LogP contribution >= 0.6 is 0 Å². The second-order valence-corrected chi connectivity index (χ2v) is 10.1. The molecule has 0 bridgehead atoms. The summed E-state index contributed by atoms with van der Waals surface area (Å²) in [4.78, 5) is 12.8. The minimum Gasteiger partial charge on any atom is -0.490 e. The van der Waals surface area contributed by atoms with Crippen LogP contribution in [0.25, 0.3) is 0 Å². The molecule has 1 fully saturated rings. The zero-order chi connectivity index (χ0) is 23.7. The van der Waals surface area contributed by atoms with Gasteiger partial charge in [-0.25, -0.2) is 8.42 Å². The average Bonchev–Trinajstić information content (AvgIpc) is 3.37. The quantitative estimate of drug-likeness (QED) is 0.485. The van der Waals surface area contributed by atoms with Crippen LogP contribution in [0.1, 0.15) is 51.5 Å². The molecule has 0 atom stereocenters. The first-order chi connectivity index (χ1) is 15.9. The van der Waals surface area contributed by atoms with Crippen LogP contribution in [0, 0.1) is 0 Å². The Labute approximate surface area is 197 Å². The summed E-state index contributed by atoms with van der Waals surface area (Å²) in [5.41, 5.74) is 1.57. The van der Waals surface area contributed by atoms with Crippen molar-refractivity contribution in [3.8, 4) is 11.5 Å². The molecule has 1 amide bonds. The van der Waals surface area contributed by atoms with E-state index in [4.69, 9.17) is 9.47 Å². The van der Waals surface area contributed by atoms with Crippen LogP contribution in [0.15, 0.2) is 47.4 Å². The molecule has 1 N–H and O–H groups in total. The first kappa shape index (κ1) is 25.1. The van der Waals surface area contributed by atoms with Crippen LogP contribution in [0.5, 0.6) is 11.5 Å². The highest BCUT2D eigenvalue weighted by atomic mass is 32.2. The molecule has 1 aliphatic heterocycles. The summed E-state index contributed by atoms with van der Waals surface area (Å²) in [5.74, 6) is 1.18. The van der Waals surface area contributed by atoms with Crippen LogP contribution in [-0.2, 0) is 21.2 Å². The number of rotatable bonds is 12. The molecule has 0 aromatic heterocycles. The molecule has 0 spiro atoms. The lowest BCUT2D eigenvalue weighted by Crippen LogP contribution is -2.27. The molecule has 7 nitrogen and oxygen atoms in total. The van der Waals surface area contributed by atoms with Gasteiger partial charge in [0, 0.05) is 31.3 Å². The van der Waals surface area contributed by atoms with E-state index in [1.807, 2.05) is 19.9 Å². The lowest BCUT2D eigenvalue weighted by molar-refractivity contribution is -0.116. The van der Waals surface area contributed by atoms with Gasteiger partial charge < -0.3 is 14.8 Å².